The van der Waals surface area contributed by atoms with Crippen molar-refractivity contribution in [3.63, 3.8) is 0 Å². The fourth-order valence-electron chi connectivity index (χ4n) is 2.42. The van der Waals surface area contributed by atoms with Gasteiger partial charge in [-0.3, -0.25) is 0 Å². The van der Waals surface area contributed by atoms with Gasteiger partial charge in [0.05, 0.1) is 5.57 Å². The Hall–Kier alpha value is -2.75. The number of aliphatic carboxylic acids is 1. The zero-order valence-electron chi connectivity index (χ0n) is 13.5. The quantitative estimate of drug-likeness (QED) is 0.817. The second-order valence-corrected chi connectivity index (χ2v) is 5.36. The minimum Gasteiger partial charge on any atom is -0.508 e. The maximum atomic E-state index is 11.4. The van der Waals surface area contributed by atoms with E-state index in [-0.39, 0.29) is 17.9 Å². The van der Waals surface area contributed by atoms with Gasteiger partial charge in [-0.25, -0.2) is 4.79 Å². The summed E-state index contributed by atoms with van der Waals surface area (Å²) >= 11 is 0. The number of carboxylic acids is 1. The molecular formula is C19H20O4. The summed E-state index contributed by atoms with van der Waals surface area (Å²) in [6.07, 6.45) is 1.57. The van der Waals surface area contributed by atoms with Crippen LogP contribution in [0.25, 0.3) is 5.57 Å². The third kappa shape index (κ3) is 3.72. The number of carbonyl (C=O) groups is 1. The van der Waals surface area contributed by atoms with Crippen molar-refractivity contribution in [2.24, 2.45) is 0 Å². The number of allylic oxidation sites excluding steroid dienone is 1. The number of rotatable bonds is 5. The summed E-state index contributed by atoms with van der Waals surface area (Å²) in [5.41, 5.74) is 3.22. The van der Waals surface area contributed by atoms with Crippen LogP contribution in [0.2, 0.25) is 0 Å². The molecule has 0 aliphatic carbocycles. The number of phenolic OH excluding ortho intramolecular Hbond substituents is 1. The van der Waals surface area contributed by atoms with Crippen molar-refractivity contribution in [3.05, 3.63) is 64.7 Å². The van der Waals surface area contributed by atoms with E-state index in [0.29, 0.717) is 16.9 Å². The van der Waals surface area contributed by atoms with E-state index in [2.05, 4.69) is 0 Å². The summed E-state index contributed by atoms with van der Waals surface area (Å²) in [6.45, 7) is 5.58. The molecule has 2 rings (SSSR count). The monoisotopic (exact) mass is 312 g/mol. The van der Waals surface area contributed by atoms with Gasteiger partial charge >= 0.3 is 5.97 Å². The standard InChI is InChI=1S/C19H20O4/c1-4-15(19(21)22)16-8-6-5-7-14(16)11-23-18-10-12(2)9-17(20)13(18)3/h4-10,20H,11H2,1-3H3,(H,21,22). The van der Waals surface area contributed by atoms with Gasteiger partial charge in [0.25, 0.3) is 0 Å². The highest BCUT2D eigenvalue weighted by Crippen LogP contribution is 2.30. The molecule has 0 saturated heterocycles. The van der Waals surface area contributed by atoms with Crippen LogP contribution in [0, 0.1) is 13.8 Å². The van der Waals surface area contributed by atoms with Crippen LogP contribution in [-0.2, 0) is 11.4 Å². The average molecular weight is 312 g/mol. The molecule has 0 heterocycles. The lowest BCUT2D eigenvalue weighted by Gasteiger charge is -2.14. The number of aryl methyl sites for hydroxylation is 1. The lowest BCUT2D eigenvalue weighted by atomic mass is 10.00. The molecule has 4 heteroatoms. The minimum absolute atomic E-state index is 0.188. The molecule has 0 bridgehead atoms. The predicted molar refractivity (Wildman–Crippen MR) is 89.6 cm³/mol. The molecular weight excluding hydrogens is 292 g/mol. The Morgan fingerprint density at radius 2 is 1.91 bits per heavy atom. The maximum Gasteiger partial charge on any atom is 0.335 e. The molecule has 0 atom stereocenters. The van der Waals surface area contributed by atoms with Crippen molar-refractivity contribution in [3.8, 4) is 11.5 Å². The molecule has 0 saturated carbocycles. The molecule has 0 unspecified atom stereocenters. The number of carboxylic acid groups (broad SMARTS) is 1. The molecule has 2 aromatic carbocycles. The van der Waals surface area contributed by atoms with E-state index in [0.717, 1.165) is 11.1 Å². The molecule has 0 radical (unpaired) electrons. The highest BCUT2D eigenvalue weighted by Gasteiger charge is 2.14. The van der Waals surface area contributed by atoms with Crippen molar-refractivity contribution in [2.75, 3.05) is 0 Å². The topological polar surface area (TPSA) is 66.8 Å². The van der Waals surface area contributed by atoms with Crippen LogP contribution < -0.4 is 4.74 Å². The maximum absolute atomic E-state index is 11.4. The van der Waals surface area contributed by atoms with E-state index in [1.165, 1.54) is 0 Å². The van der Waals surface area contributed by atoms with Gasteiger partial charge in [-0.2, -0.15) is 0 Å². The van der Waals surface area contributed by atoms with Gasteiger partial charge < -0.3 is 14.9 Å². The van der Waals surface area contributed by atoms with Crippen LogP contribution in [0.5, 0.6) is 11.5 Å². The molecule has 0 aliphatic heterocycles. The Morgan fingerprint density at radius 3 is 2.57 bits per heavy atom. The number of phenols is 1. The fraction of sp³-hybridized carbons (Fsp3) is 0.211. The Kier molecular flexibility index (Phi) is 5.06. The van der Waals surface area contributed by atoms with Crippen molar-refractivity contribution in [1.82, 2.24) is 0 Å². The van der Waals surface area contributed by atoms with Gasteiger partial charge in [0, 0.05) is 5.56 Å². The summed E-state index contributed by atoms with van der Waals surface area (Å²) in [6, 6.07) is 10.8. The second kappa shape index (κ2) is 7.01. The normalized spacial score (nSPS) is 11.3. The lowest BCUT2D eigenvalue weighted by Crippen LogP contribution is -2.05. The molecule has 4 nitrogen and oxygen atoms in total. The molecule has 23 heavy (non-hydrogen) atoms. The molecule has 0 aromatic heterocycles. The summed E-state index contributed by atoms with van der Waals surface area (Å²) in [4.78, 5) is 11.4. The summed E-state index contributed by atoms with van der Waals surface area (Å²) in [5.74, 6) is -0.188. The SMILES string of the molecule is CC=C(C(=O)O)c1ccccc1COc1cc(C)cc(O)c1C. The fourth-order valence-corrected chi connectivity index (χ4v) is 2.42. The Balaban J connectivity index is 2.31. The molecule has 120 valence electrons. The summed E-state index contributed by atoms with van der Waals surface area (Å²) < 4.78 is 5.82. The van der Waals surface area contributed by atoms with Crippen molar-refractivity contribution in [2.45, 2.75) is 27.4 Å². The van der Waals surface area contributed by atoms with Crippen LogP contribution in [0.15, 0.2) is 42.5 Å². The molecule has 2 aromatic rings. The largest absolute Gasteiger partial charge is 0.508 e. The van der Waals surface area contributed by atoms with Crippen molar-refractivity contribution >= 4 is 11.5 Å². The van der Waals surface area contributed by atoms with E-state index in [9.17, 15) is 15.0 Å². The molecule has 0 fully saturated rings. The van der Waals surface area contributed by atoms with Crippen molar-refractivity contribution < 1.29 is 19.7 Å². The van der Waals surface area contributed by atoms with Crippen LogP contribution in [0.3, 0.4) is 0 Å². The number of benzene rings is 2. The Labute approximate surface area is 135 Å². The Morgan fingerprint density at radius 1 is 1.22 bits per heavy atom. The third-order valence-corrected chi connectivity index (χ3v) is 3.69. The zero-order valence-corrected chi connectivity index (χ0v) is 13.5. The third-order valence-electron chi connectivity index (χ3n) is 3.69. The average Bonchev–Trinajstić information content (AvgIpc) is 2.51. The van der Waals surface area contributed by atoms with Gasteiger partial charge in [-0.1, -0.05) is 30.3 Å². The van der Waals surface area contributed by atoms with Crippen LogP contribution in [0.4, 0.5) is 0 Å². The summed E-state index contributed by atoms with van der Waals surface area (Å²) in [7, 11) is 0. The van der Waals surface area contributed by atoms with Crippen LogP contribution in [0.1, 0.15) is 29.2 Å². The Bertz CT molecular complexity index is 760. The van der Waals surface area contributed by atoms with Gasteiger partial charge in [0.2, 0.25) is 0 Å². The number of hydrogen-bond donors (Lipinski definition) is 2. The number of ether oxygens (including phenoxy) is 1. The smallest absolute Gasteiger partial charge is 0.335 e. The first kappa shape index (κ1) is 16.6. The van der Waals surface area contributed by atoms with E-state index in [4.69, 9.17) is 4.74 Å². The van der Waals surface area contributed by atoms with Crippen LogP contribution in [-0.4, -0.2) is 16.2 Å². The van der Waals surface area contributed by atoms with Gasteiger partial charge in [-0.15, -0.1) is 0 Å². The lowest BCUT2D eigenvalue weighted by molar-refractivity contribution is -0.130. The molecule has 0 spiro atoms. The van der Waals surface area contributed by atoms with Gasteiger partial charge in [-0.05, 0) is 49.6 Å². The van der Waals surface area contributed by atoms with Crippen molar-refractivity contribution in [1.29, 1.82) is 0 Å². The van der Waals surface area contributed by atoms with E-state index < -0.39 is 5.97 Å². The summed E-state index contributed by atoms with van der Waals surface area (Å²) in [5, 5.41) is 19.2. The highest BCUT2D eigenvalue weighted by molar-refractivity contribution is 6.15. The van der Waals surface area contributed by atoms with Gasteiger partial charge in [0.15, 0.2) is 0 Å². The second-order valence-electron chi connectivity index (χ2n) is 5.36. The molecule has 2 N–H and O–H groups in total. The molecule has 0 amide bonds. The first-order valence-corrected chi connectivity index (χ1v) is 7.35. The number of aromatic hydroxyl groups is 1. The van der Waals surface area contributed by atoms with E-state index >= 15 is 0 Å². The first-order valence-electron chi connectivity index (χ1n) is 7.35. The van der Waals surface area contributed by atoms with E-state index in [1.807, 2.05) is 25.1 Å². The minimum atomic E-state index is -0.968. The molecule has 0 aliphatic rings. The van der Waals surface area contributed by atoms with E-state index in [1.54, 1.807) is 38.1 Å². The highest BCUT2D eigenvalue weighted by atomic mass is 16.5. The van der Waals surface area contributed by atoms with Gasteiger partial charge in [0.1, 0.15) is 18.1 Å². The first-order chi connectivity index (χ1) is 10.9. The zero-order chi connectivity index (χ0) is 17.0. The predicted octanol–water partition coefficient (Wildman–Crippen LogP) is 4.08. The van der Waals surface area contributed by atoms with Crippen LogP contribution >= 0.6 is 0 Å². The number of hydrogen-bond acceptors (Lipinski definition) is 3.